The Morgan fingerprint density at radius 2 is 1.68 bits per heavy atom. The summed E-state index contributed by atoms with van der Waals surface area (Å²) in [6, 6.07) is 11.6. The summed E-state index contributed by atoms with van der Waals surface area (Å²) >= 11 is 12.3. The van der Waals surface area contributed by atoms with E-state index < -0.39 is 12.9 Å². The number of aryl methyl sites for hydroxylation is 1. The summed E-state index contributed by atoms with van der Waals surface area (Å²) in [5.74, 6) is 0. The van der Waals surface area contributed by atoms with Gasteiger partial charge >= 0.3 is 7.37 Å². The Labute approximate surface area is 139 Å². The molecule has 2 rings (SSSR count). The zero-order chi connectivity index (χ0) is 16.3. The number of rotatable bonds is 5. The molecular weight excluding hydrogens is 342 g/mol. The Balaban J connectivity index is 2.60. The van der Waals surface area contributed by atoms with Gasteiger partial charge in [-0.3, -0.25) is 9.36 Å². The first kappa shape index (κ1) is 17.2. The predicted octanol–water partition coefficient (Wildman–Crippen LogP) is 5.08. The second kappa shape index (κ2) is 6.97. The van der Waals surface area contributed by atoms with Crippen LogP contribution in [0.2, 0.25) is 10.0 Å². The summed E-state index contributed by atoms with van der Waals surface area (Å²) < 4.78 is 18.6. The van der Waals surface area contributed by atoms with Crippen LogP contribution in [-0.2, 0) is 9.09 Å². The van der Waals surface area contributed by atoms with Gasteiger partial charge < -0.3 is 4.52 Å². The van der Waals surface area contributed by atoms with Gasteiger partial charge in [0, 0.05) is 5.30 Å². The van der Waals surface area contributed by atoms with Gasteiger partial charge in [-0.25, -0.2) is 0 Å². The van der Waals surface area contributed by atoms with Crippen molar-refractivity contribution in [1.29, 1.82) is 0 Å². The van der Waals surface area contributed by atoms with Crippen molar-refractivity contribution < 1.29 is 13.9 Å². The predicted molar refractivity (Wildman–Crippen MR) is 90.8 cm³/mol. The highest BCUT2D eigenvalue weighted by molar-refractivity contribution is 7.83. The molecule has 0 bridgehead atoms. The van der Waals surface area contributed by atoms with E-state index in [0.29, 0.717) is 5.30 Å². The summed E-state index contributed by atoms with van der Waals surface area (Å²) in [6.45, 7) is 3.63. The molecule has 0 aromatic heterocycles. The molecule has 2 aromatic carbocycles. The van der Waals surface area contributed by atoms with Crippen molar-refractivity contribution in [3.8, 4) is 0 Å². The normalized spacial score (nSPS) is 13.6. The van der Waals surface area contributed by atoms with E-state index in [4.69, 9.17) is 27.7 Å². The van der Waals surface area contributed by atoms with Gasteiger partial charge in [0.05, 0.1) is 22.2 Å². The third-order valence-corrected chi connectivity index (χ3v) is 6.03. The van der Waals surface area contributed by atoms with Crippen molar-refractivity contribution in [2.75, 3.05) is 6.61 Å². The van der Waals surface area contributed by atoms with E-state index in [0.717, 1.165) is 5.56 Å². The Hall–Kier alpha value is -1.12. The maximum Gasteiger partial charge on any atom is 0.300 e. The van der Waals surface area contributed by atoms with Crippen LogP contribution in [0, 0.1) is 6.92 Å². The molecule has 116 valence electrons. The van der Waals surface area contributed by atoms with E-state index in [2.05, 4.69) is 0 Å². The van der Waals surface area contributed by atoms with Gasteiger partial charge in [0.1, 0.15) is 0 Å². The third-order valence-electron chi connectivity index (χ3n) is 3.07. The summed E-state index contributed by atoms with van der Waals surface area (Å²) in [7, 11) is -3.76. The van der Waals surface area contributed by atoms with E-state index in [1.54, 1.807) is 49.4 Å². The number of benzene rings is 2. The van der Waals surface area contributed by atoms with Gasteiger partial charge in [-0.1, -0.05) is 41.4 Å². The lowest BCUT2D eigenvalue weighted by Crippen LogP contribution is -2.16. The summed E-state index contributed by atoms with van der Waals surface area (Å²) in [5, 5.41) is 0.672. The van der Waals surface area contributed by atoms with Crippen LogP contribution in [0.1, 0.15) is 22.8 Å². The molecule has 1 atom stereocenters. The van der Waals surface area contributed by atoms with Gasteiger partial charge in [0.25, 0.3) is 5.52 Å². The molecule has 0 heterocycles. The molecule has 1 unspecified atom stereocenters. The fourth-order valence-corrected chi connectivity index (χ4v) is 4.97. The number of hydrogen-bond donors (Lipinski definition) is 0. The largest absolute Gasteiger partial charge is 0.320 e. The van der Waals surface area contributed by atoms with Gasteiger partial charge in [0.15, 0.2) is 0 Å². The fourth-order valence-electron chi connectivity index (χ4n) is 2.11. The van der Waals surface area contributed by atoms with Crippen molar-refractivity contribution >= 4 is 41.4 Å². The summed E-state index contributed by atoms with van der Waals surface area (Å²) in [5.41, 5.74) is 0.169. The Morgan fingerprint density at radius 3 is 2.18 bits per heavy atom. The van der Waals surface area contributed by atoms with Gasteiger partial charge in [-0.2, -0.15) is 0 Å². The molecule has 0 radical (unpaired) electrons. The van der Waals surface area contributed by atoms with Gasteiger partial charge in [0.2, 0.25) is 0 Å². The minimum atomic E-state index is -3.76. The molecule has 0 spiro atoms. The Bertz CT molecular complexity index is 721. The second-order valence-corrected chi connectivity index (χ2v) is 7.81. The highest BCUT2D eigenvalue weighted by Crippen LogP contribution is 2.51. The van der Waals surface area contributed by atoms with Crippen LogP contribution in [0.4, 0.5) is 0 Å². The van der Waals surface area contributed by atoms with Crippen LogP contribution in [0.3, 0.4) is 0 Å². The molecule has 0 aliphatic heterocycles. The molecular formula is C16H15Cl2O3P. The van der Waals surface area contributed by atoms with Crippen molar-refractivity contribution in [2.45, 2.75) is 13.8 Å². The maximum absolute atomic E-state index is 13.2. The maximum atomic E-state index is 13.2. The van der Waals surface area contributed by atoms with E-state index in [-0.39, 0.29) is 22.2 Å². The number of halogens is 2. The average Bonchev–Trinajstić information content (AvgIpc) is 2.47. The zero-order valence-corrected chi connectivity index (χ0v) is 14.6. The first-order valence-electron chi connectivity index (χ1n) is 6.71. The summed E-state index contributed by atoms with van der Waals surface area (Å²) in [4.78, 5) is 12.9. The minimum absolute atomic E-state index is 0.0366. The van der Waals surface area contributed by atoms with Crippen LogP contribution >= 0.6 is 30.6 Å². The van der Waals surface area contributed by atoms with Crippen molar-refractivity contribution in [3.63, 3.8) is 0 Å². The minimum Gasteiger partial charge on any atom is -0.320 e. The first-order valence-corrected chi connectivity index (χ1v) is 9.09. The van der Waals surface area contributed by atoms with Crippen LogP contribution < -0.4 is 5.30 Å². The Morgan fingerprint density at radius 1 is 1.14 bits per heavy atom. The molecule has 0 saturated carbocycles. The Kier molecular flexibility index (Phi) is 5.46. The van der Waals surface area contributed by atoms with Crippen LogP contribution in [0.25, 0.3) is 0 Å². The number of hydrogen-bond acceptors (Lipinski definition) is 3. The van der Waals surface area contributed by atoms with Crippen LogP contribution in [0.15, 0.2) is 42.5 Å². The molecule has 0 amide bonds. The lowest BCUT2D eigenvalue weighted by Gasteiger charge is -2.18. The van der Waals surface area contributed by atoms with E-state index in [1.807, 2.05) is 6.92 Å². The molecule has 3 nitrogen and oxygen atoms in total. The topological polar surface area (TPSA) is 43.4 Å². The molecule has 0 fully saturated rings. The average molecular weight is 357 g/mol. The quantitative estimate of drug-likeness (QED) is 0.701. The third kappa shape index (κ3) is 3.28. The van der Waals surface area contributed by atoms with Crippen molar-refractivity contribution in [1.82, 2.24) is 0 Å². The fraction of sp³-hybridized carbons (Fsp3) is 0.188. The van der Waals surface area contributed by atoms with Gasteiger partial charge in [-0.05, 0) is 43.7 Å². The number of carbonyl (C=O) groups excluding carboxylic acids is 1. The van der Waals surface area contributed by atoms with E-state index in [1.165, 1.54) is 0 Å². The monoisotopic (exact) mass is 356 g/mol. The highest BCUT2D eigenvalue weighted by atomic mass is 35.5. The van der Waals surface area contributed by atoms with Gasteiger partial charge in [-0.15, -0.1) is 0 Å². The van der Waals surface area contributed by atoms with E-state index >= 15 is 0 Å². The lowest BCUT2D eigenvalue weighted by molar-refractivity contribution is 0.105. The molecule has 0 N–H and O–H groups in total. The summed E-state index contributed by atoms with van der Waals surface area (Å²) in [6.07, 6.45) is 0. The zero-order valence-electron chi connectivity index (χ0n) is 12.2. The molecule has 2 aromatic rings. The molecule has 0 aliphatic carbocycles. The molecule has 0 saturated heterocycles. The lowest BCUT2D eigenvalue weighted by atomic mass is 10.2. The SMILES string of the molecule is CCOP(=O)(C(=O)c1c(Cl)cc(C)cc1Cl)c1ccccc1. The smallest absolute Gasteiger partial charge is 0.300 e. The first-order chi connectivity index (χ1) is 10.4. The second-order valence-electron chi connectivity index (χ2n) is 4.71. The standard InChI is InChI=1S/C16H15Cl2O3P/c1-3-21-22(20,12-7-5-4-6-8-12)16(19)15-13(17)9-11(2)10-14(15)18/h4-10H,3H2,1-2H3. The molecule has 6 heteroatoms. The van der Waals surface area contributed by atoms with Crippen LogP contribution in [0.5, 0.6) is 0 Å². The van der Waals surface area contributed by atoms with Crippen molar-refractivity contribution in [2.24, 2.45) is 0 Å². The number of carbonyl (C=O) groups is 1. The van der Waals surface area contributed by atoms with E-state index in [9.17, 15) is 9.36 Å². The highest BCUT2D eigenvalue weighted by Gasteiger charge is 2.38. The molecule has 0 aliphatic rings. The molecule has 22 heavy (non-hydrogen) atoms. The van der Waals surface area contributed by atoms with Crippen molar-refractivity contribution in [3.05, 3.63) is 63.6 Å². The van der Waals surface area contributed by atoms with Crippen LogP contribution in [-0.4, -0.2) is 12.1 Å².